The highest BCUT2D eigenvalue weighted by Crippen LogP contribution is 2.27. The fourth-order valence-electron chi connectivity index (χ4n) is 3.93. The van der Waals surface area contributed by atoms with E-state index in [4.69, 9.17) is 0 Å². The van der Waals surface area contributed by atoms with Crippen molar-refractivity contribution in [2.45, 2.75) is 26.3 Å². The Morgan fingerprint density at radius 1 is 1.10 bits per heavy atom. The SMILES string of the molecule is CC(=O)N1CCc2ncnc(-c3ccccc3)c2C[C@@H](C(=O)NCc2ccncc2)C1. The van der Waals surface area contributed by atoms with E-state index in [0.717, 1.165) is 28.1 Å². The molecule has 0 fully saturated rings. The first-order valence-corrected chi connectivity index (χ1v) is 10.4. The van der Waals surface area contributed by atoms with E-state index in [1.807, 2.05) is 42.5 Å². The lowest BCUT2D eigenvalue weighted by molar-refractivity contribution is -0.132. The number of aromatic nitrogens is 3. The predicted octanol–water partition coefficient (Wildman–Crippen LogP) is 2.42. The maximum absolute atomic E-state index is 13.2. The van der Waals surface area contributed by atoms with Crippen LogP contribution in [0.4, 0.5) is 0 Å². The minimum atomic E-state index is -0.391. The van der Waals surface area contributed by atoms with Crippen LogP contribution in [0, 0.1) is 5.92 Å². The maximum Gasteiger partial charge on any atom is 0.225 e. The molecule has 3 aromatic rings. The fraction of sp³-hybridized carbons (Fsp3) is 0.292. The van der Waals surface area contributed by atoms with Gasteiger partial charge in [-0.25, -0.2) is 9.97 Å². The number of benzene rings is 1. The Bertz CT molecular complexity index is 1060. The molecule has 158 valence electrons. The van der Waals surface area contributed by atoms with Crippen LogP contribution < -0.4 is 5.32 Å². The third-order valence-electron chi connectivity index (χ3n) is 5.62. The van der Waals surface area contributed by atoms with Crippen molar-refractivity contribution < 1.29 is 9.59 Å². The molecule has 0 spiro atoms. The molecular weight excluding hydrogens is 390 g/mol. The van der Waals surface area contributed by atoms with Gasteiger partial charge in [-0.1, -0.05) is 30.3 Å². The first kappa shape index (κ1) is 20.7. The minimum absolute atomic E-state index is 0.0345. The zero-order valence-electron chi connectivity index (χ0n) is 17.5. The van der Waals surface area contributed by atoms with Crippen LogP contribution in [-0.4, -0.2) is 44.8 Å². The van der Waals surface area contributed by atoms with Gasteiger partial charge in [0.05, 0.1) is 11.6 Å². The van der Waals surface area contributed by atoms with E-state index in [1.165, 1.54) is 0 Å². The van der Waals surface area contributed by atoms with Gasteiger partial charge < -0.3 is 10.2 Å². The molecule has 2 amide bonds. The summed E-state index contributed by atoms with van der Waals surface area (Å²) in [6, 6.07) is 13.7. The van der Waals surface area contributed by atoms with E-state index in [0.29, 0.717) is 32.5 Å². The Morgan fingerprint density at radius 2 is 1.87 bits per heavy atom. The van der Waals surface area contributed by atoms with Crippen molar-refractivity contribution in [2.75, 3.05) is 13.1 Å². The van der Waals surface area contributed by atoms with Crippen molar-refractivity contribution in [1.82, 2.24) is 25.2 Å². The van der Waals surface area contributed by atoms with Crippen LogP contribution in [0.3, 0.4) is 0 Å². The molecule has 4 rings (SSSR count). The van der Waals surface area contributed by atoms with E-state index >= 15 is 0 Å². The minimum Gasteiger partial charge on any atom is -0.352 e. The number of hydrogen-bond donors (Lipinski definition) is 1. The molecule has 0 bridgehead atoms. The molecule has 7 nitrogen and oxygen atoms in total. The van der Waals surface area contributed by atoms with Gasteiger partial charge in [0.15, 0.2) is 0 Å². The van der Waals surface area contributed by atoms with Crippen LogP contribution in [0.2, 0.25) is 0 Å². The van der Waals surface area contributed by atoms with Gasteiger partial charge in [-0.15, -0.1) is 0 Å². The second-order valence-corrected chi connectivity index (χ2v) is 7.70. The van der Waals surface area contributed by atoms with Crippen molar-refractivity contribution in [3.05, 3.63) is 78.0 Å². The molecular formula is C24H25N5O2. The average molecular weight is 415 g/mol. The standard InChI is InChI=1S/C24H25N5O2/c1-17(30)29-12-9-22-21(23(28-16-27-22)19-5-3-2-4-6-19)13-20(15-29)24(31)26-14-18-7-10-25-11-8-18/h2-8,10-11,16,20H,9,12-15H2,1H3,(H,26,31)/t20-/m1/s1. The Balaban J connectivity index is 1.64. The first-order chi connectivity index (χ1) is 15.1. The van der Waals surface area contributed by atoms with E-state index < -0.39 is 5.92 Å². The number of nitrogens with one attached hydrogen (secondary N) is 1. The number of hydrogen-bond acceptors (Lipinski definition) is 5. The molecule has 0 radical (unpaired) electrons. The van der Waals surface area contributed by atoms with Crippen molar-refractivity contribution in [3.8, 4) is 11.3 Å². The second-order valence-electron chi connectivity index (χ2n) is 7.70. The zero-order valence-corrected chi connectivity index (χ0v) is 17.5. The lowest BCUT2D eigenvalue weighted by Crippen LogP contribution is -2.44. The van der Waals surface area contributed by atoms with Gasteiger partial charge in [-0.3, -0.25) is 14.6 Å². The van der Waals surface area contributed by atoms with Gasteiger partial charge in [-0.05, 0) is 24.1 Å². The smallest absolute Gasteiger partial charge is 0.225 e. The molecule has 1 aromatic carbocycles. The highest BCUT2D eigenvalue weighted by Gasteiger charge is 2.29. The Labute approximate surface area is 181 Å². The summed E-state index contributed by atoms with van der Waals surface area (Å²) in [4.78, 5) is 40.1. The number of nitrogens with zero attached hydrogens (tertiary/aromatic N) is 4. The number of carbonyl (C=O) groups is 2. The topological polar surface area (TPSA) is 88.1 Å². The van der Waals surface area contributed by atoms with Crippen LogP contribution >= 0.6 is 0 Å². The van der Waals surface area contributed by atoms with Crippen LogP contribution in [0.5, 0.6) is 0 Å². The normalized spacial score (nSPS) is 16.0. The summed E-state index contributed by atoms with van der Waals surface area (Å²) in [5, 5.41) is 3.02. The molecule has 1 aliphatic heterocycles. The van der Waals surface area contributed by atoms with E-state index in [2.05, 4.69) is 20.3 Å². The molecule has 3 heterocycles. The van der Waals surface area contributed by atoms with Crippen molar-refractivity contribution >= 4 is 11.8 Å². The third-order valence-corrected chi connectivity index (χ3v) is 5.62. The predicted molar refractivity (Wildman–Crippen MR) is 117 cm³/mol. The number of rotatable bonds is 4. The molecule has 7 heteroatoms. The summed E-state index contributed by atoms with van der Waals surface area (Å²) in [7, 11) is 0. The summed E-state index contributed by atoms with van der Waals surface area (Å²) in [6.45, 7) is 2.87. The van der Waals surface area contributed by atoms with E-state index in [-0.39, 0.29) is 11.8 Å². The molecule has 1 atom stereocenters. The molecule has 31 heavy (non-hydrogen) atoms. The Hall–Kier alpha value is -3.61. The number of fused-ring (bicyclic) bond motifs is 1. The van der Waals surface area contributed by atoms with Gasteiger partial charge in [0.25, 0.3) is 0 Å². The van der Waals surface area contributed by atoms with Crippen molar-refractivity contribution in [3.63, 3.8) is 0 Å². The van der Waals surface area contributed by atoms with Gasteiger partial charge in [-0.2, -0.15) is 0 Å². The van der Waals surface area contributed by atoms with Crippen LogP contribution in [0.1, 0.15) is 23.7 Å². The average Bonchev–Trinajstić information content (AvgIpc) is 2.79. The molecule has 0 saturated carbocycles. The molecule has 2 aromatic heterocycles. The van der Waals surface area contributed by atoms with Gasteiger partial charge in [0, 0.05) is 62.2 Å². The lowest BCUT2D eigenvalue weighted by Gasteiger charge is -2.30. The monoisotopic (exact) mass is 415 g/mol. The molecule has 0 aliphatic carbocycles. The Kier molecular flexibility index (Phi) is 6.31. The van der Waals surface area contributed by atoms with E-state index in [9.17, 15) is 9.59 Å². The molecule has 1 N–H and O–H groups in total. The van der Waals surface area contributed by atoms with Gasteiger partial charge >= 0.3 is 0 Å². The summed E-state index contributed by atoms with van der Waals surface area (Å²) in [5.74, 6) is -0.509. The molecule has 1 aliphatic rings. The highest BCUT2D eigenvalue weighted by atomic mass is 16.2. The van der Waals surface area contributed by atoms with Gasteiger partial charge in [0.2, 0.25) is 11.8 Å². The summed E-state index contributed by atoms with van der Waals surface area (Å²) in [5.41, 5.74) is 4.72. The lowest BCUT2D eigenvalue weighted by atomic mass is 9.90. The number of amides is 2. The maximum atomic E-state index is 13.2. The van der Waals surface area contributed by atoms with Gasteiger partial charge in [0.1, 0.15) is 6.33 Å². The second kappa shape index (κ2) is 9.47. The summed E-state index contributed by atoms with van der Waals surface area (Å²) in [6.07, 6.45) is 6.09. The largest absolute Gasteiger partial charge is 0.352 e. The number of pyridine rings is 1. The Morgan fingerprint density at radius 3 is 2.61 bits per heavy atom. The quantitative estimate of drug-likeness (QED) is 0.707. The summed E-state index contributed by atoms with van der Waals surface area (Å²) < 4.78 is 0. The van der Waals surface area contributed by atoms with Crippen molar-refractivity contribution in [1.29, 1.82) is 0 Å². The van der Waals surface area contributed by atoms with Crippen LogP contribution in [0.25, 0.3) is 11.3 Å². The third kappa shape index (κ3) is 4.94. The first-order valence-electron chi connectivity index (χ1n) is 10.4. The fourth-order valence-corrected chi connectivity index (χ4v) is 3.93. The van der Waals surface area contributed by atoms with Crippen LogP contribution in [0.15, 0.2) is 61.2 Å². The zero-order chi connectivity index (χ0) is 21.6. The van der Waals surface area contributed by atoms with Crippen molar-refractivity contribution in [2.24, 2.45) is 5.92 Å². The number of carbonyl (C=O) groups excluding carboxylic acids is 2. The summed E-state index contributed by atoms with van der Waals surface area (Å²) >= 11 is 0. The van der Waals surface area contributed by atoms with Crippen LogP contribution in [-0.2, 0) is 29.0 Å². The molecule has 0 unspecified atom stereocenters. The molecule has 0 saturated heterocycles. The van der Waals surface area contributed by atoms with E-state index in [1.54, 1.807) is 30.5 Å². The highest BCUT2D eigenvalue weighted by molar-refractivity contribution is 5.81.